The van der Waals surface area contributed by atoms with Crippen LogP contribution in [0.4, 0.5) is 11.4 Å². The summed E-state index contributed by atoms with van der Waals surface area (Å²) in [5, 5.41) is 19.1. The molecule has 0 bridgehead atoms. The number of hydrogen-bond acceptors (Lipinski definition) is 6. The van der Waals surface area contributed by atoms with Crippen LogP contribution >= 0.6 is 0 Å². The average molecular weight is 254 g/mol. The molecule has 0 amide bonds. The minimum atomic E-state index is -0.664. The van der Waals surface area contributed by atoms with Gasteiger partial charge >= 0.3 is 5.97 Å². The summed E-state index contributed by atoms with van der Waals surface area (Å²) < 4.78 is 4.89. The van der Waals surface area contributed by atoms with E-state index in [-0.39, 0.29) is 30.2 Å². The van der Waals surface area contributed by atoms with Gasteiger partial charge in [-0.3, -0.25) is 10.1 Å². The highest BCUT2D eigenvalue weighted by Gasteiger charge is 2.14. The third-order valence-electron chi connectivity index (χ3n) is 2.17. The van der Waals surface area contributed by atoms with Crippen LogP contribution < -0.4 is 5.73 Å². The zero-order valence-electron chi connectivity index (χ0n) is 9.67. The number of esters is 1. The number of carbonyl (C=O) groups excluding carboxylic acids is 1. The van der Waals surface area contributed by atoms with Crippen molar-refractivity contribution in [1.29, 1.82) is 0 Å². The lowest BCUT2D eigenvalue weighted by Gasteiger charge is -2.05. The maximum atomic E-state index is 11.6. The van der Waals surface area contributed by atoms with E-state index in [1.165, 1.54) is 12.1 Å². The summed E-state index contributed by atoms with van der Waals surface area (Å²) in [6, 6.07) is 3.61. The summed E-state index contributed by atoms with van der Waals surface area (Å²) in [4.78, 5) is 21.5. The number of carbonyl (C=O) groups is 1. The highest BCUT2D eigenvalue weighted by molar-refractivity contribution is 5.91. The van der Waals surface area contributed by atoms with E-state index in [2.05, 4.69) is 0 Å². The first kappa shape index (κ1) is 13.9. The summed E-state index contributed by atoms with van der Waals surface area (Å²) in [6.45, 7) is 0.184. The van der Waals surface area contributed by atoms with Gasteiger partial charge in [-0.05, 0) is 18.9 Å². The molecular weight excluding hydrogens is 240 g/mol. The molecule has 0 atom stereocenters. The van der Waals surface area contributed by atoms with E-state index >= 15 is 0 Å². The number of nitrogen functional groups attached to an aromatic ring is 1. The zero-order valence-corrected chi connectivity index (χ0v) is 9.67. The first-order chi connectivity index (χ1) is 8.54. The number of nitro benzene ring substituents is 1. The van der Waals surface area contributed by atoms with Crippen LogP contribution in [0.2, 0.25) is 0 Å². The SMILES string of the molecule is Nc1cc(C(=O)OCCCCO)cc([N+](=O)[O-])c1. The number of nitro groups is 1. The Morgan fingerprint density at radius 3 is 2.72 bits per heavy atom. The smallest absolute Gasteiger partial charge is 0.338 e. The summed E-state index contributed by atoms with van der Waals surface area (Å²) in [6.07, 6.45) is 1.07. The fourth-order valence-electron chi connectivity index (χ4n) is 1.32. The molecule has 0 saturated heterocycles. The van der Waals surface area contributed by atoms with Crippen molar-refractivity contribution >= 4 is 17.3 Å². The molecule has 1 aromatic carbocycles. The van der Waals surface area contributed by atoms with E-state index in [1.54, 1.807) is 0 Å². The summed E-state index contributed by atoms with van der Waals surface area (Å²) >= 11 is 0. The normalized spacial score (nSPS) is 10.1. The predicted octanol–water partition coefficient (Wildman–Crippen LogP) is 1.11. The number of nitrogens with two attached hydrogens (primary N) is 1. The Kier molecular flexibility index (Phi) is 5.06. The van der Waals surface area contributed by atoms with Crippen LogP contribution in [0.3, 0.4) is 0 Å². The average Bonchev–Trinajstić information content (AvgIpc) is 2.33. The molecule has 0 aliphatic carbocycles. The van der Waals surface area contributed by atoms with Gasteiger partial charge in [0.15, 0.2) is 0 Å². The number of aliphatic hydroxyl groups is 1. The van der Waals surface area contributed by atoms with Crippen LogP contribution in [0.25, 0.3) is 0 Å². The summed E-state index contributed by atoms with van der Waals surface area (Å²) in [7, 11) is 0. The Balaban J connectivity index is 2.70. The molecule has 0 fully saturated rings. The Labute approximate surface area is 103 Å². The standard InChI is InChI=1S/C11H14N2O5/c12-9-5-8(6-10(7-9)13(16)17)11(15)18-4-2-1-3-14/h5-7,14H,1-4,12H2. The Morgan fingerprint density at radius 1 is 1.39 bits per heavy atom. The maximum Gasteiger partial charge on any atom is 0.338 e. The Morgan fingerprint density at radius 2 is 2.11 bits per heavy atom. The van der Waals surface area contributed by atoms with Crippen LogP contribution in [0.5, 0.6) is 0 Å². The van der Waals surface area contributed by atoms with Crippen molar-refractivity contribution < 1.29 is 19.6 Å². The van der Waals surface area contributed by atoms with Crippen molar-refractivity contribution in [1.82, 2.24) is 0 Å². The van der Waals surface area contributed by atoms with Crippen molar-refractivity contribution in [2.75, 3.05) is 18.9 Å². The third-order valence-corrected chi connectivity index (χ3v) is 2.17. The quantitative estimate of drug-likeness (QED) is 0.258. The second-order valence-electron chi connectivity index (χ2n) is 3.64. The number of non-ortho nitro benzene ring substituents is 1. The molecule has 0 saturated carbocycles. The van der Waals surface area contributed by atoms with Crippen molar-refractivity contribution in [2.24, 2.45) is 0 Å². The number of rotatable bonds is 6. The first-order valence-electron chi connectivity index (χ1n) is 5.37. The maximum absolute atomic E-state index is 11.6. The molecular formula is C11H14N2O5. The lowest BCUT2D eigenvalue weighted by Crippen LogP contribution is -2.08. The van der Waals surface area contributed by atoms with Gasteiger partial charge < -0.3 is 15.6 Å². The number of benzene rings is 1. The number of ether oxygens (including phenoxy) is 1. The summed E-state index contributed by atoms with van der Waals surface area (Å²) in [5.74, 6) is -0.664. The fraction of sp³-hybridized carbons (Fsp3) is 0.364. The van der Waals surface area contributed by atoms with Crippen molar-refractivity contribution in [3.8, 4) is 0 Å². The molecule has 0 heterocycles. The lowest BCUT2D eigenvalue weighted by molar-refractivity contribution is -0.384. The van der Waals surface area contributed by atoms with E-state index in [4.69, 9.17) is 15.6 Å². The van der Waals surface area contributed by atoms with E-state index in [9.17, 15) is 14.9 Å². The van der Waals surface area contributed by atoms with E-state index in [0.29, 0.717) is 12.8 Å². The van der Waals surface area contributed by atoms with Crippen molar-refractivity contribution in [3.63, 3.8) is 0 Å². The molecule has 7 heteroatoms. The third kappa shape index (κ3) is 4.02. The van der Waals surface area contributed by atoms with Crippen LogP contribution in [0, 0.1) is 10.1 Å². The number of hydrogen-bond donors (Lipinski definition) is 2. The molecule has 0 aliphatic rings. The number of anilines is 1. The second-order valence-corrected chi connectivity index (χ2v) is 3.64. The number of aliphatic hydroxyl groups excluding tert-OH is 1. The monoisotopic (exact) mass is 254 g/mol. The molecule has 0 aromatic heterocycles. The molecule has 98 valence electrons. The number of unbranched alkanes of at least 4 members (excludes halogenated alkanes) is 1. The van der Waals surface area contributed by atoms with Crippen LogP contribution in [0.15, 0.2) is 18.2 Å². The molecule has 0 unspecified atom stereocenters. The molecule has 0 spiro atoms. The van der Waals surface area contributed by atoms with Gasteiger partial charge in [0.1, 0.15) is 0 Å². The molecule has 1 aromatic rings. The second kappa shape index (κ2) is 6.55. The minimum absolute atomic E-state index is 0.0291. The predicted molar refractivity (Wildman–Crippen MR) is 64.1 cm³/mol. The van der Waals surface area contributed by atoms with Crippen molar-refractivity contribution in [2.45, 2.75) is 12.8 Å². The highest BCUT2D eigenvalue weighted by Crippen LogP contribution is 2.19. The molecule has 7 nitrogen and oxygen atoms in total. The van der Waals surface area contributed by atoms with Gasteiger partial charge in [-0.15, -0.1) is 0 Å². The van der Waals surface area contributed by atoms with E-state index < -0.39 is 10.9 Å². The van der Waals surface area contributed by atoms with Gasteiger partial charge in [0.2, 0.25) is 0 Å². The van der Waals surface area contributed by atoms with Crippen LogP contribution in [0.1, 0.15) is 23.2 Å². The van der Waals surface area contributed by atoms with Gasteiger partial charge in [-0.1, -0.05) is 0 Å². The Bertz CT molecular complexity index is 447. The molecule has 0 radical (unpaired) electrons. The van der Waals surface area contributed by atoms with Gasteiger partial charge in [0.25, 0.3) is 5.69 Å². The Hall–Kier alpha value is -2.15. The van der Waals surface area contributed by atoms with Crippen molar-refractivity contribution in [3.05, 3.63) is 33.9 Å². The van der Waals surface area contributed by atoms with Crippen LogP contribution in [-0.2, 0) is 4.74 Å². The lowest BCUT2D eigenvalue weighted by atomic mass is 10.2. The highest BCUT2D eigenvalue weighted by atomic mass is 16.6. The largest absolute Gasteiger partial charge is 0.462 e. The fourth-order valence-corrected chi connectivity index (χ4v) is 1.32. The van der Waals surface area contributed by atoms with Crippen LogP contribution in [-0.4, -0.2) is 29.2 Å². The topological polar surface area (TPSA) is 116 Å². The van der Waals surface area contributed by atoms with Gasteiger partial charge in [0.05, 0.1) is 17.1 Å². The van der Waals surface area contributed by atoms with Gasteiger partial charge in [-0.2, -0.15) is 0 Å². The molecule has 0 aliphatic heterocycles. The summed E-state index contributed by atoms with van der Waals surface area (Å²) in [5.41, 5.74) is 5.39. The van der Waals surface area contributed by atoms with Gasteiger partial charge in [0, 0.05) is 24.4 Å². The first-order valence-corrected chi connectivity index (χ1v) is 5.37. The molecule has 3 N–H and O–H groups in total. The van der Waals surface area contributed by atoms with E-state index in [0.717, 1.165) is 6.07 Å². The molecule has 18 heavy (non-hydrogen) atoms. The van der Waals surface area contributed by atoms with E-state index in [1.807, 2.05) is 0 Å². The number of nitrogens with zero attached hydrogens (tertiary/aromatic N) is 1. The molecule has 1 rings (SSSR count). The minimum Gasteiger partial charge on any atom is -0.462 e. The zero-order chi connectivity index (χ0) is 13.5. The van der Waals surface area contributed by atoms with Gasteiger partial charge in [-0.25, -0.2) is 4.79 Å².